The van der Waals surface area contributed by atoms with Crippen LogP contribution in [0.5, 0.6) is 0 Å². The summed E-state index contributed by atoms with van der Waals surface area (Å²) in [4.78, 5) is 29.3. The number of amides is 2. The molecule has 0 aromatic carbocycles. The van der Waals surface area contributed by atoms with Crippen molar-refractivity contribution in [3.8, 4) is 0 Å². The van der Waals surface area contributed by atoms with Crippen molar-refractivity contribution in [1.82, 2.24) is 9.88 Å². The molecular weight excluding hydrogens is 304 g/mol. The third-order valence-electron chi connectivity index (χ3n) is 3.45. The fourth-order valence-corrected chi connectivity index (χ4v) is 2.68. The second-order valence-corrected chi connectivity index (χ2v) is 6.96. The van der Waals surface area contributed by atoms with Crippen molar-refractivity contribution >= 4 is 23.6 Å². The molecule has 1 aromatic heterocycles. The lowest BCUT2D eigenvalue weighted by Gasteiger charge is -2.32. The average molecular weight is 325 g/mol. The van der Waals surface area contributed by atoms with Crippen LogP contribution in [-0.2, 0) is 16.0 Å². The summed E-state index contributed by atoms with van der Waals surface area (Å²) in [5.74, 6) is 0.0373. The first-order valence-electron chi connectivity index (χ1n) is 7.38. The Balaban J connectivity index is 1.92. The number of carbonyl (C=O) groups is 2. The molecule has 22 heavy (non-hydrogen) atoms. The molecule has 120 valence electrons. The van der Waals surface area contributed by atoms with Crippen molar-refractivity contribution in [3.63, 3.8) is 0 Å². The molecule has 1 aliphatic rings. The summed E-state index contributed by atoms with van der Waals surface area (Å²) >= 11 is 5.87. The lowest BCUT2D eigenvalue weighted by Crippen LogP contribution is -2.45. The van der Waals surface area contributed by atoms with Gasteiger partial charge in [-0.25, -0.2) is 14.7 Å². The van der Waals surface area contributed by atoms with Gasteiger partial charge in [0.15, 0.2) is 0 Å². The lowest BCUT2D eigenvalue weighted by molar-refractivity contribution is -0.133. The van der Waals surface area contributed by atoms with E-state index in [1.807, 2.05) is 12.1 Å². The molecule has 5 nitrogen and oxygen atoms in total. The van der Waals surface area contributed by atoms with E-state index in [0.29, 0.717) is 18.1 Å². The zero-order valence-corrected chi connectivity index (χ0v) is 13.9. The number of ether oxygens (including phenoxy) is 1. The first kappa shape index (κ1) is 16.7. The molecule has 1 fully saturated rings. The molecule has 1 unspecified atom stereocenters. The molecule has 2 amide bonds. The van der Waals surface area contributed by atoms with E-state index in [0.717, 1.165) is 18.4 Å². The van der Waals surface area contributed by atoms with Crippen molar-refractivity contribution in [2.45, 2.75) is 45.6 Å². The molecule has 0 N–H and O–H groups in total. The molecule has 0 saturated carbocycles. The van der Waals surface area contributed by atoms with Crippen molar-refractivity contribution in [3.05, 3.63) is 29.0 Å². The van der Waals surface area contributed by atoms with Crippen LogP contribution in [0.15, 0.2) is 18.3 Å². The van der Waals surface area contributed by atoms with Crippen LogP contribution in [0, 0.1) is 5.92 Å². The third-order valence-corrected chi connectivity index (χ3v) is 3.66. The van der Waals surface area contributed by atoms with E-state index < -0.39 is 11.7 Å². The second-order valence-electron chi connectivity index (χ2n) is 6.58. The first-order chi connectivity index (χ1) is 10.2. The van der Waals surface area contributed by atoms with Crippen LogP contribution < -0.4 is 0 Å². The van der Waals surface area contributed by atoms with Gasteiger partial charge in [-0.3, -0.25) is 4.79 Å². The molecule has 0 radical (unpaired) electrons. The van der Waals surface area contributed by atoms with Gasteiger partial charge in [0.05, 0.1) is 0 Å². The number of carbonyl (C=O) groups excluding carboxylic acids is 2. The highest BCUT2D eigenvalue weighted by Gasteiger charge is 2.32. The Hall–Kier alpha value is -1.62. The van der Waals surface area contributed by atoms with Crippen LogP contribution in [0.3, 0.4) is 0 Å². The monoisotopic (exact) mass is 324 g/mol. The summed E-state index contributed by atoms with van der Waals surface area (Å²) in [6, 6.07) is 3.71. The fraction of sp³-hybridized carbons (Fsp3) is 0.562. The van der Waals surface area contributed by atoms with Crippen LogP contribution in [0.4, 0.5) is 4.79 Å². The number of nitrogens with zero attached hydrogens (tertiary/aromatic N) is 2. The molecule has 1 atom stereocenters. The van der Waals surface area contributed by atoms with Crippen LogP contribution in [0.2, 0.25) is 5.15 Å². The molecule has 1 aromatic rings. The maximum absolute atomic E-state index is 12.2. The van der Waals surface area contributed by atoms with Crippen molar-refractivity contribution < 1.29 is 14.3 Å². The topological polar surface area (TPSA) is 59.5 Å². The molecule has 0 spiro atoms. The van der Waals surface area contributed by atoms with Gasteiger partial charge in [0.25, 0.3) is 0 Å². The van der Waals surface area contributed by atoms with E-state index in [-0.39, 0.29) is 11.8 Å². The predicted molar refractivity (Wildman–Crippen MR) is 83.6 cm³/mol. The van der Waals surface area contributed by atoms with E-state index in [4.69, 9.17) is 16.3 Å². The maximum Gasteiger partial charge on any atom is 0.417 e. The Labute approximate surface area is 135 Å². The minimum Gasteiger partial charge on any atom is -0.443 e. The van der Waals surface area contributed by atoms with E-state index in [1.54, 1.807) is 27.0 Å². The van der Waals surface area contributed by atoms with Gasteiger partial charge < -0.3 is 4.74 Å². The largest absolute Gasteiger partial charge is 0.443 e. The van der Waals surface area contributed by atoms with Gasteiger partial charge in [0.1, 0.15) is 10.8 Å². The predicted octanol–water partition coefficient (Wildman–Crippen LogP) is 3.45. The third kappa shape index (κ3) is 4.70. The minimum atomic E-state index is -0.595. The van der Waals surface area contributed by atoms with Gasteiger partial charge in [0, 0.05) is 19.2 Å². The number of imide groups is 1. The van der Waals surface area contributed by atoms with Crippen LogP contribution in [0.1, 0.15) is 39.2 Å². The number of likely N-dealkylation sites (tertiary alicyclic amines) is 1. The number of piperidine rings is 1. The van der Waals surface area contributed by atoms with Gasteiger partial charge in [0.2, 0.25) is 5.91 Å². The maximum atomic E-state index is 12.2. The molecule has 1 aliphatic heterocycles. The number of rotatable bonds is 2. The van der Waals surface area contributed by atoms with Crippen molar-refractivity contribution in [2.24, 2.45) is 5.92 Å². The molecule has 6 heteroatoms. The Morgan fingerprint density at radius 3 is 2.82 bits per heavy atom. The Bertz CT molecular complexity index is 569. The van der Waals surface area contributed by atoms with E-state index in [9.17, 15) is 9.59 Å². The van der Waals surface area contributed by atoms with Gasteiger partial charge in [-0.15, -0.1) is 0 Å². The summed E-state index contributed by atoms with van der Waals surface area (Å²) in [7, 11) is 0. The number of hydrogen-bond acceptors (Lipinski definition) is 4. The molecule has 1 saturated heterocycles. The minimum absolute atomic E-state index is 0.175. The number of pyridine rings is 1. The smallest absolute Gasteiger partial charge is 0.417 e. The van der Waals surface area contributed by atoms with Gasteiger partial charge in [-0.1, -0.05) is 11.6 Å². The standard InChI is InChI=1S/C16H21ClN2O3/c1-16(2,3)22-15(21)19-7-5-12(10-14(19)20)8-11-4-6-18-13(17)9-11/h4,6,9,12H,5,7-8,10H2,1-3H3. The van der Waals surface area contributed by atoms with Crippen molar-refractivity contribution in [2.75, 3.05) is 6.54 Å². The summed E-state index contributed by atoms with van der Waals surface area (Å²) in [5, 5.41) is 0.454. The van der Waals surface area contributed by atoms with Crippen LogP contribution >= 0.6 is 11.6 Å². The fourth-order valence-electron chi connectivity index (χ4n) is 2.48. The van der Waals surface area contributed by atoms with Gasteiger partial charge >= 0.3 is 6.09 Å². The number of aromatic nitrogens is 1. The van der Waals surface area contributed by atoms with Crippen LogP contribution in [0.25, 0.3) is 0 Å². The average Bonchev–Trinajstić information content (AvgIpc) is 2.36. The zero-order valence-electron chi connectivity index (χ0n) is 13.1. The van der Waals surface area contributed by atoms with Gasteiger partial charge in [-0.2, -0.15) is 0 Å². The molecular formula is C16H21ClN2O3. The van der Waals surface area contributed by atoms with Crippen molar-refractivity contribution in [1.29, 1.82) is 0 Å². The summed E-state index contributed by atoms with van der Waals surface area (Å²) in [5.41, 5.74) is 0.464. The highest BCUT2D eigenvalue weighted by Crippen LogP contribution is 2.24. The normalized spacial score (nSPS) is 19.2. The highest BCUT2D eigenvalue weighted by molar-refractivity contribution is 6.29. The zero-order chi connectivity index (χ0) is 16.3. The van der Waals surface area contributed by atoms with Crippen LogP contribution in [-0.4, -0.2) is 34.0 Å². The Morgan fingerprint density at radius 1 is 1.50 bits per heavy atom. The Kier molecular flexibility index (Phi) is 5.06. The number of halogens is 1. The lowest BCUT2D eigenvalue weighted by atomic mass is 9.90. The first-order valence-corrected chi connectivity index (χ1v) is 7.76. The molecule has 2 heterocycles. The molecule has 0 bridgehead atoms. The highest BCUT2D eigenvalue weighted by atomic mass is 35.5. The SMILES string of the molecule is CC(C)(C)OC(=O)N1CCC(Cc2ccnc(Cl)c2)CC1=O. The quantitative estimate of drug-likeness (QED) is 0.782. The van der Waals surface area contributed by atoms with Gasteiger partial charge in [-0.05, 0) is 57.2 Å². The Morgan fingerprint density at radius 2 is 2.23 bits per heavy atom. The molecule has 0 aliphatic carbocycles. The summed E-state index contributed by atoms with van der Waals surface area (Å²) < 4.78 is 5.26. The summed E-state index contributed by atoms with van der Waals surface area (Å²) in [6.45, 7) is 5.76. The summed E-state index contributed by atoms with van der Waals surface area (Å²) in [6.07, 6.45) is 2.98. The van der Waals surface area contributed by atoms with E-state index in [1.165, 1.54) is 4.90 Å². The second kappa shape index (κ2) is 6.65. The molecule has 2 rings (SSSR count). The van der Waals surface area contributed by atoms with E-state index >= 15 is 0 Å². The number of hydrogen-bond donors (Lipinski definition) is 0. The van der Waals surface area contributed by atoms with E-state index in [2.05, 4.69) is 4.98 Å².